The molecule has 0 rings (SSSR count). The van der Waals surface area contributed by atoms with Gasteiger partial charge in [0.25, 0.3) is 0 Å². The van der Waals surface area contributed by atoms with Crippen molar-refractivity contribution in [3.63, 3.8) is 0 Å². The number of hydrogen-bond donors (Lipinski definition) is 1. The van der Waals surface area contributed by atoms with E-state index in [2.05, 4.69) is 26.9 Å². The van der Waals surface area contributed by atoms with Crippen LogP contribution in [-0.4, -0.2) is 25.5 Å². The van der Waals surface area contributed by atoms with E-state index in [1.54, 1.807) is 0 Å². The lowest BCUT2D eigenvalue weighted by atomic mass is 10.0. The predicted octanol–water partition coefficient (Wildman–Crippen LogP) is 7.55. The van der Waals surface area contributed by atoms with E-state index in [1.165, 1.54) is 64.2 Å². The monoisotopic (exact) mass is 386 g/mol. The van der Waals surface area contributed by atoms with Gasteiger partial charge < -0.3 is 9.53 Å². The molecule has 26 heavy (non-hydrogen) atoms. The molecule has 0 aliphatic heterocycles. The van der Waals surface area contributed by atoms with E-state index >= 15 is 0 Å². The van der Waals surface area contributed by atoms with Crippen molar-refractivity contribution in [1.29, 1.82) is 0 Å². The van der Waals surface area contributed by atoms with E-state index in [0.29, 0.717) is 6.42 Å². The number of carbonyl (C=O) groups is 1. The van der Waals surface area contributed by atoms with Gasteiger partial charge in [0.05, 0.1) is 0 Å². The molecule has 0 aliphatic rings. The van der Waals surface area contributed by atoms with Crippen LogP contribution in [0.4, 0.5) is 0 Å². The minimum Gasteiger partial charge on any atom is -0.479 e. The third-order valence-corrected chi connectivity index (χ3v) is 7.67. The number of unbranched alkanes of at least 4 members (excludes halogenated alkanes) is 12. The molecule has 0 aromatic rings. The minimum absolute atomic E-state index is 0.586. The molecule has 0 amide bonds. The van der Waals surface area contributed by atoms with Crippen LogP contribution in [0.1, 0.15) is 110 Å². The summed E-state index contributed by atoms with van der Waals surface area (Å²) in [5.41, 5.74) is 0. The molecule has 3 nitrogen and oxygen atoms in total. The smallest absolute Gasteiger partial charge is 0.331 e. The molecule has 0 bridgehead atoms. The van der Waals surface area contributed by atoms with E-state index in [9.17, 15) is 9.90 Å². The van der Waals surface area contributed by atoms with Crippen LogP contribution in [0.2, 0.25) is 19.1 Å². The maximum Gasteiger partial charge on any atom is 0.331 e. The van der Waals surface area contributed by atoms with Gasteiger partial charge in [-0.1, -0.05) is 104 Å². The van der Waals surface area contributed by atoms with Crippen molar-refractivity contribution in [1.82, 2.24) is 0 Å². The second-order valence-corrected chi connectivity index (χ2v) is 12.7. The molecule has 0 saturated carbocycles. The van der Waals surface area contributed by atoms with Crippen molar-refractivity contribution < 1.29 is 14.3 Å². The van der Waals surface area contributed by atoms with Gasteiger partial charge >= 0.3 is 5.97 Å². The summed E-state index contributed by atoms with van der Waals surface area (Å²) in [5, 5.41) is 9.44. The lowest BCUT2D eigenvalue weighted by Gasteiger charge is -2.27. The van der Waals surface area contributed by atoms with Gasteiger partial charge in [0.15, 0.2) is 8.32 Å². The zero-order valence-electron chi connectivity index (χ0n) is 18.2. The SMILES string of the molecule is CCCCCCCCCCCCCCC(O[Si](C)(C)CCCC)C(=O)O. The Hall–Kier alpha value is -0.353. The predicted molar refractivity (Wildman–Crippen MR) is 115 cm³/mol. The number of carboxylic acid groups (broad SMARTS) is 1. The van der Waals surface area contributed by atoms with Gasteiger partial charge in [-0.2, -0.15) is 0 Å². The Kier molecular flexibility index (Phi) is 16.6. The second kappa shape index (κ2) is 16.8. The molecule has 1 unspecified atom stereocenters. The summed E-state index contributed by atoms with van der Waals surface area (Å²) >= 11 is 0. The van der Waals surface area contributed by atoms with E-state index in [-0.39, 0.29) is 0 Å². The van der Waals surface area contributed by atoms with Gasteiger partial charge in [-0.15, -0.1) is 0 Å². The van der Waals surface area contributed by atoms with Crippen LogP contribution in [0.5, 0.6) is 0 Å². The van der Waals surface area contributed by atoms with Crippen LogP contribution in [0.3, 0.4) is 0 Å². The summed E-state index contributed by atoms with van der Waals surface area (Å²) < 4.78 is 6.04. The molecule has 156 valence electrons. The molecule has 0 radical (unpaired) electrons. The Labute approximate surface area is 164 Å². The fourth-order valence-electron chi connectivity index (χ4n) is 3.45. The summed E-state index contributed by atoms with van der Waals surface area (Å²) in [7, 11) is -1.83. The van der Waals surface area contributed by atoms with Crippen LogP contribution in [-0.2, 0) is 9.22 Å². The van der Waals surface area contributed by atoms with Gasteiger partial charge in [-0.25, -0.2) is 4.79 Å². The van der Waals surface area contributed by atoms with Crippen molar-refractivity contribution in [3.05, 3.63) is 0 Å². The maximum absolute atomic E-state index is 11.5. The van der Waals surface area contributed by atoms with E-state index in [0.717, 1.165) is 31.7 Å². The Morgan fingerprint density at radius 2 is 1.19 bits per heavy atom. The summed E-state index contributed by atoms with van der Waals surface area (Å²) in [6.07, 6.45) is 18.0. The highest BCUT2D eigenvalue weighted by Crippen LogP contribution is 2.20. The van der Waals surface area contributed by atoms with Crippen molar-refractivity contribution >= 4 is 14.3 Å². The molecular weight excluding hydrogens is 340 g/mol. The van der Waals surface area contributed by atoms with Crippen molar-refractivity contribution in [2.75, 3.05) is 0 Å². The maximum atomic E-state index is 11.5. The number of carboxylic acids is 1. The van der Waals surface area contributed by atoms with Gasteiger partial charge in [0.2, 0.25) is 0 Å². The van der Waals surface area contributed by atoms with Gasteiger partial charge in [0, 0.05) is 0 Å². The zero-order chi connectivity index (χ0) is 19.7. The summed E-state index contributed by atoms with van der Waals surface area (Å²) in [6.45, 7) is 8.74. The normalized spacial score (nSPS) is 13.1. The van der Waals surface area contributed by atoms with Crippen molar-refractivity contribution in [2.24, 2.45) is 0 Å². The summed E-state index contributed by atoms with van der Waals surface area (Å²) in [4.78, 5) is 11.5. The molecule has 0 aliphatic carbocycles. The first-order valence-corrected chi connectivity index (χ1v) is 14.4. The highest BCUT2D eigenvalue weighted by atomic mass is 28.4. The Bertz CT molecular complexity index is 331. The topological polar surface area (TPSA) is 46.5 Å². The Morgan fingerprint density at radius 3 is 1.62 bits per heavy atom. The number of aliphatic carboxylic acids is 1. The molecule has 0 aromatic heterocycles. The second-order valence-electron chi connectivity index (χ2n) is 8.49. The average molecular weight is 387 g/mol. The molecule has 0 spiro atoms. The molecule has 0 saturated heterocycles. The van der Waals surface area contributed by atoms with Crippen LogP contribution >= 0.6 is 0 Å². The van der Waals surface area contributed by atoms with Crippen LogP contribution < -0.4 is 0 Å². The first kappa shape index (κ1) is 25.6. The van der Waals surface area contributed by atoms with Gasteiger partial charge in [-0.3, -0.25) is 0 Å². The first-order valence-electron chi connectivity index (χ1n) is 11.3. The molecular formula is C22H46O3Si. The van der Waals surface area contributed by atoms with E-state index in [4.69, 9.17) is 4.43 Å². The Morgan fingerprint density at radius 1 is 0.769 bits per heavy atom. The van der Waals surface area contributed by atoms with E-state index in [1.807, 2.05) is 0 Å². The lowest BCUT2D eigenvalue weighted by Crippen LogP contribution is -2.39. The molecule has 4 heteroatoms. The van der Waals surface area contributed by atoms with Crippen LogP contribution in [0.15, 0.2) is 0 Å². The molecule has 0 heterocycles. The van der Waals surface area contributed by atoms with Crippen molar-refractivity contribution in [3.8, 4) is 0 Å². The molecule has 0 fully saturated rings. The van der Waals surface area contributed by atoms with E-state index < -0.39 is 20.4 Å². The number of hydrogen-bond acceptors (Lipinski definition) is 2. The van der Waals surface area contributed by atoms with Crippen LogP contribution in [0, 0.1) is 0 Å². The zero-order valence-corrected chi connectivity index (χ0v) is 19.2. The fourth-order valence-corrected chi connectivity index (χ4v) is 5.76. The molecule has 0 aromatic carbocycles. The van der Waals surface area contributed by atoms with Crippen LogP contribution in [0.25, 0.3) is 0 Å². The Balaban J connectivity index is 3.67. The lowest BCUT2D eigenvalue weighted by molar-refractivity contribution is -0.145. The largest absolute Gasteiger partial charge is 0.479 e. The summed E-state index contributed by atoms with van der Waals surface area (Å²) in [5.74, 6) is -0.773. The third-order valence-electron chi connectivity index (χ3n) is 5.19. The minimum atomic E-state index is -1.83. The third kappa shape index (κ3) is 15.9. The quantitative estimate of drug-likeness (QED) is 0.184. The highest BCUT2D eigenvalue weighted by molar-refractivity contribution is 6.71. The number of rotatable bonds is 19. The average Bonchev–Trinajstić information content (AvgIpc) is 2.59. The fraction of sp³-hybridized carbons (Fsp3) is 0.955. The summed E-state index contributed by atoms with van der Waals surface area (Å²) in [6, 6.07) is 1.06. The van der Waals surface area contributed by atoms with Crippen molar-refractivity contribution in [2.45, 2.75) is 135 Å². The first-order chi connectivity index (χ1) is 12.4. The highest BCUT2D eigenvalue weighted by Gasteiger charge is 2.29. The van der Waals surface area contributed by atoms with Gasteiger partial charge in [0.1, 0.15) is 6.10 Å². The molecule has 1 atom stereocenters. The van der Waals surface area contributed by atoms with Gasteiger partial charge in [-0.05, 0) is 25.6 Å². The standard InChI is InChI=1S/C22H46O3Si/c1-5-7-9-10-11-12-13-14-15-16-17-18-19-21(22(23)24)25-26(3,4)20-8-6-2/h21H,5-20H2,1-4H3,(H,23,24). The molecule has 1 N–H and O–H groups in total.